The van der Waals surface area contributed by atoms with E-state index in [0.29, 0.717) is 36.5 Å². The standard InChI is InChI=1S/C19H26F2O/c1-19-10-14(18(20)21)17-12-5-3-2-4-11(12)6-7-13(17)15(19)8-9-16(19)22/h2,4,11-15,17-18H,3,5-10H2,1H3/t11?,12-,13-,14-,15-,17+,19-/m0/s1. The molecule has 3 fully saturated rings. The Morgan fingerprint density at radius 1 is 1.18 bits per heavy atom. The first-order valence-corrected chi connectivity index (χ1v) is 9.00. The number of fused-ring (bicyclic) bond motifs is 5. The maximum atomic E-state index is 13.9. The van der Waals surface area contributed by atoms with Gasteiger partial charge in [0, 0.05) is 17.8 Å². The van der Waals surface area contributed by atoms with Crippen molar-refractivity contribution < 1.29 is 13.6 Å². The zero-order chi connectivity index (χ0) is 15.5. The van der Waals surface area contributed by atoms with Crippen molar-refractivity contribution in [3.63, 3.8) is 0 Å². The number of carbonyl (C=O) groups is 1. The smallest absolute Gasteiger partial charge is 0.241 e. The van der Waals surface area contributed by atoms with Crippen LogP contribution in [0.1, 0.15) is 51.9 Å². The molecule has 0 amide bonds. The Hall–Kier alpha value is -0.730. The van der Waals surface area contributed by atoms with Crippen LogP contribution in [-0.2, 0) is 4.79 Å². The zero-order valence-corrected chi connectivity index (χ0v) is 13.3. The van der Waals surface area contributed by atoms with Crippen LogP contribution >= 0.6 is 0 Å². The summed E-state index contributed by atoms with van der Waals surface area (Å²) in [7, 11) is 0. The normalized spacial score (nSPS) is 50.6. The molecule has 0 aromatic carbocycles. The number of Topliss-reactive ketones (excluding diaryl/α,β-unsaturated/α-hetero) is 1. The molecule has 0 aromatic rings. The number of allylic oxidation sites excluding steroid dienone is 2. The molecule has 0 N–H and O–H groups in total. The maximum absolute atomic E-state index is 13.9. The van der Waals surface area contributed by atoms with Gasteiger partial charge in [0.1, 0.15) is 5.78 Å². The van der Waals surface area contributed by atoms with Gasteiger partial charge in [-0.2, -0.15) is 0 Å². The van der Waals surface area contributed by atoms with E-state index in [-0.39, 0.29) is 11.7 Å². The fourth-order valence-corrected chi connectivity index (χ4v) is 6.64. The highest BCUT2D eigenvalue weighted by atomic mass is 19.3. The lowest BCUT2D eigenvalue weighted by Crippen LogP contribution is -2.53. The van der Waals surface area contributed by atoms with Gasteiger partial charge in [-0.1, -0.05) is 19.1 Å². The van der Waals surface area contributed by atoms with E-state index in [1.165, 1.54) is 0 Å². The molecule has 4 aliphatic rings. The fourth-order valence-electron chi connectivity index (χ4n) is 6.64. The molecular formula is C19H26F2O. The summed E-state index contributed by atoms with van der Waals surface area (Å²) in [5, 5.41) is 0. The van der Waals surface area contributed by atoms with E-state index in [1.807, 2.05) is 6.92 Å². The monoisotopic (exact) mass is 308 g/mol. The number of ketones is 1. The van der Waals surface area contributed by atoms with E-state index in [1.54, 1.807) is 0 Å². The molecule has 0 bridgehead atoms. The Balaban J connectivity index is 1.72. The minimum Gasteiger partial charge on any atom is -0.299 e. The van der Waals surface area contributed by atoms with Gasteiger partial charge in [-0.05, 0) is 68.1 Å². The summed E-state index contributed by atoms with van der Waals surface area (Å²) in [6, 6.07) is 0. The van der Waals surface area contributed by atoms with Crippen LogP contribution in [0.3, 0.4) is 0 Å². The molecule has 0 spiro atoms. The van der Waals surface area contributed by atoms with Crippen LogP contribution in [-0.4, -0.2) is 12.2 Å². The van der Waals surface area contributed by atoms with Gasteiger partial charge in [0.05, 0.1) is 0 Å². The molecule has 0 radical (unpaired) electrons. The minimum atomic E-state index is -2.27. The number of alkyl halides is 2. The SMILES string of the molecule is C[C@]12C[C@H](C(F)F)[C@H]3[C@@H](CCC4C=CCC[C@@H]43)[C@@H]1CCC2=O. The van der Waals surface area contributed by atoms with E-state index in [4.69, 9.17) is 0 Å². The lowest BCUT2D eigenvalue weighted by Gasteiger charge is -2.56. The van der Waals surface area contributed by atoms with Crippen LogP contribution in [0.15, 0.2) is 12.2 Å². The molecule has 0 heterocycles. The Morgan fingerprint density at radius 3 is 2.77 bits per heavy atom. The van der Waals surface area contributed by atoms with Crippen molar-refractivity contribution in [2.75, 3.05) is 0 Å². The molecule has 1 unspecified atom stereocenters. The highest BCUT2D eigenvalue weighted by molar-refractivity contribution is 5.87. The third kappa shape index (κ3) is 1.96. The second kappa shape index (κ2) is 5.14. The lowest BCUT2D eigenvalue weighted by atomic mass is 9.48. The van der Waals surface area contributed by atoms with E-state index < -0.39 is 17.8 Å². The number of hydrogen-bond acceptors (Lipinski definition) is 1. The largest absolute Gasteiger partial charge is 0.299 e. The first kappa shape index (κ1) is 14.8. The predicted octanol–water partition coefficient (Wildman–Crippen LogP) is 4.87. The summed E-state index contributed by atoms with van der Waals surface area (Å²) in [5.41, 5.74) is -0.459. The predicted molar refractivity (Wildman–Crippen MR) is 81.5 cm³/mol. The third-order valence-electron chi connectivity index (χ3n) is 7.55. The average molecular weight is 308 g/mol. The van der Waals surface area contributed by atoms with Gasteiger partial charge >= 0.3 is 0 Å². The van der Waals surface area contributed by atoms with Crippen LogP contribution in [0.25, 0.3) is 0 Å². The molecule has 3 heteroatoms. The Kier molecular flexibility index (Phi) is 3.47. The Morgan fingerprint density at radius 2 is 2.00 bits per heavy atom. The van der Waals surface area contributed by atoms with Gasteiger partial charge in [-0.3, -0.25) is 4.79 Å². The van der Waals surface area contributed by atoms with Gasteiger partial charge in [0.15, 0.2) is 0 Å². The van der Waals surface area contributed by atoms with Crippen LogP contribution in [0.5, 0.6) is 0 Å². The highest BCUT2D eigenvalue weighted by Gasteiger charge is 2.61. The summed E-state index contributed by atoms with van der Waals surface area (Å²) >= 11 is 0. The average Bonchev–Trinajstić information content (AvgIpc) is 2.81. The molecule has 4 rings (SSSR count). The number of halogens is 2. The summed E-state index contributed by atoms with van der Waals surface area (Å²) in [4.78, 5) is 12.4. The Bertz CT molecular complexity index is 500. The van der Waals surface area contributed by atoms with Gasteiger partial charge in [0.25, 0.3) is 0 Å². The molecule has 7 atom stereocenters. The summed E-state index contributed by atoms with van der Waals surface area (Å²) in [6.07, 6.45) is 8.56. The minimum absolute atomic E-state index is 0.146. The first-order valence-electron chi connectivity index (χ1n) is 9.00. The summed E-state index contributed by atoms with van der Waals surface area (Å²) in [6.45, 7) is 1.99. The second-order valence-corrected chi connectivity index (χ2v) is 8.34. The van der Waals surface area contributed by atoms with E-state index >= 15 is 0 Å². The lowest BCUT2D eigenvalue weighted by molar-refractivity contribution is -0.146. The van der Waals surface area contributed by atoms with E-state index in [2.05, 4.69) is 12.2 Å². The van der Waals surface area contributed by atoms with Gasteiger partial charge in [-0.25, -0.2) is 8.78 Å². The highest BCUT2D eigenvalue weighted by Crippen LogP contribution is 2.63. The Labute approximate surface area is 131 Å². The van der Waals surface area contributed by atoms with Crippen molar-refractivity contribution in [3.8, 4) is 0 Å². The molecule has 0 saturated heterocycles. The van der Waals surface area contributed by atoms with Gasteiger partial charge < -0.3 is 0 Å². The molecule has 4 aliphatic carbocycles. The van der Waals surface area contributed by atoms with Crippen molar-refractivity contribution in [3.05, 3.63) is 12.2 Å². The first-order chi connectivity index (χ1) is 10.5. The number of hydrogen-bond donors (Lipinski definition) is 0. The molecule has 22 heavy (non-hydrogen) atoms. The van der Waals surface area contributed by atoms with Crippen LogP contribution in [0.2, 0.25) is 0 Å². The van der Waals surface area contributed by atoms with Gasteiger partial charge in [0.2, 0.25) is 6.43 Å². The number of carbonyl (C=O) groups excluding carboxylic acids is 1. The van der Waals surface area contributed by atoms with Crippen molar-refractivity contribution >= 4 is 5.78 Å². The van der Waals surface area contributed by atoms with Crippen LogP contribution in [0, 0.1) is 40.9 Å². The number of rotatable bonds is 1. The van der Waals surface area contributed by atoms with Crippen molar-refractivity contribution in [2.45, 2.75) is 58.3 Å². The maximum Gasteiger partial charge on any atom is 0.241 e. The quantitative estimate of drug-likeness (QED) is 0.632. The summed E-state index contributed by atoms with van der Waals surface area (Å²) < 4.78 is 27.7. The summed E-state index contributed by atoms with van der Waals surface area (Å²) in [5.74, 6) is 1.51. The van der Waals surface area contributed by atoms with E-state index in [9.17, 15) is 13.6 Å². The molecule has 0 aliphatic heterocycles. The topological polar surface area (TPSA) is 17.1 Å². The molecular weight excluding hydrogens is 282 g/mol. The van der Waals surface area contributed by atoms with E-state index in [0.717, 1.165) is 32.1 Å². The van der Waals surface area contributed by atoms with Crippen LogP contribution < -0.4 is 0 Å². The van der Waals surface area contributed by atoms with Crippen molar-refractivity contribution in [2.24, 2.45) is 40.9 Å². The molecule has 3 saturated carbocycles. The van der Waals surface area contributed by atoms with Crippen molar-refractivity contribution in [1.82, 2.24) is 0 Å². The van der Waals surface area contributed by atoms with Crippen LogP contribution in [0.4, 0.5) is 8.78 Å². The van der Waals surface area contributed by atoms with Gasteiger partial charge in [-0.15, -0.1) is 0 Å². The molecule has 0 aromatic heterocycles. The zero-order valence-electron chi connectivity index (χ0n) is 13.3. The third-order valence-corrected chi connectivity index (χ3v) is 7.55. The molecule has 122 valence electrons. The fraction of sp³-hybridized carbons (Fsp3) is 0.842. The second-order valence-electron chi connectivity index (χ2n) is 8.34. The molecule has 1 nitrogen and oxygen atoms in total. The van der Waals surface area contributed by atoms with Crippen molar-refractivity contribution in [1.29, 1.82) is 0 Å².